The standard InChI is InChI=1S/C17H20O/c18-16-9-11-17(10-5-4-8-15(17)12-16)13-14-6-2-1-3-7-14/h1-3,6-7,9,11,15H,4-5,8,10,12-13H2/t15-,17-/m0/s1. The van der Waals surface area contributed by atoms with Gasteiger partial charge in [0, 0.05) is 6.42 Å². The Balaban J connectivity index is 1.90. The van der Waals surface area contributed by atoms with Gasteiger partial charge in [0.25, 0.3) is 0 Å². The fourth-order valence-corrected chi connectivity index (χ4v) is 3.70. The van der Waals surface area contributed by atoms with E-state index in [0.29, 0.717) is 11.7 Å². The summed E-state index contributed by atoms with van der Waals surface area (Å²) >= 11 is 0. The number of ketones is 1. The van der Waals surface area contributed by atoms with Gasteiger partial charge in [-0.3, -0.25) is 4.79 Å². The second kappa shape index (κ2) is 4.72. The van der Waals surface area contributed by atoms with Crippen molar-refractivity contribution in [2.45, 2.75) is 38.5 Å². The van der Waals surface area contributed by atoms with Crippen LogP contribution in [0.1, 0.15) is 37.7 Å². The van der Waals surface area contributed by atoms with Gasteiger partial charge in [0.1, 0.15) is 0 Å². The number of hydrogen-bond donors (Lipinski definition) is 0. The molecule has 1 heteroatoms. The smallest absolute Gasteiger partial charge is 0.155 e. The molecule has 94 valence electrons. The summed E-state index contributed by atoms with van der Waals surface area (Å²) in [6.45, 7) is 0. The highest BCUT2D eigenvalue weighted by atomic mass is 16.1. The number of carbonyl (C=O) groups is 1. The van der Waals surface area contributed by atoms with Crippen molar-refractivity contribution in [1.82, 2.24) is 0 Å². The lowest BCUT2D eigenvalue weighted by Crippen LogP contribution is -2.38. The van der Waals surface area contributed by atoms with Crippen LogP contribution >= 0.6 is 0 Å². The van der Waals surface area contributed by atoms with Crippen LogP contribution < -0.4 is 0 Å². The molecule has 2 aliphatic carbocycles. The topological polar surface area (TPSA) is 17.1 Å². The second-order valence-electron chi connectivity index (χ2n) is 5.84. The monoisotopic (exact) mass is 240 g/mol. The van der Waals surface area contributed by atoms with Crippen molar-refractivity contribution in [2.75, 3.05) is 0 Å². The maximum atomic E-state index is 11.6. The van der Waals surface area contributed by atoms with Gasteiger partial charge in [-0.2, -0.15) is 0 Å². The molecular weight excluding hydrogens is 220 g/mol. The van der Waals surface area contributed by atoms with Crippen LogP contribution in [0.5, 0.6) is 0 Å². The maximum absolute atomic E-state index is 11.6. The summed E-state index contributed by atoms with van der Waals surface area (Å²) in [5.41, 5.74) is 1.66. The van der Waals surface area contributed by atoms with Gasteiger partial charge in [0.05, 0.1) is 0 Å². The van der Waals surface area contributed by atoms with Gasteiger partial charge >= 0.3 is 0 Å². The molecule has 0 bridgehead atoms. The third kappa shape index (κ3) is 2.14. The van der Waals surface area contributed by atoms with Crippen LogP contribution in [-0.4, -0.2) is 5.78 Å². The molecule has 18 heavy (non-hydrogen) atoms. The molecule has 0 aliphatic heterocycles. The fourth-order valence-electron chi connectivity index (χ4n) is 3.70. The van der Waals surface area contributed by atoms with Crippen molar-refractivity contribution < 1.29 is 4.79 Å². The lowest BCUT2D eigenvalue weighted by molar-refractivity contribution is -0.117. The van der Waals surface area contributed by atoms with Crippen molar-refractivity contribution in [2.24, 2.45) is 11.3 Å². The molecule has 1 saturated carbocycles. The van der Waals surface area contributed by atoms with E-state index in [-0.39, 0.29) is 5.41 Å². The van der Waals surface area contributed by atoms with Crippen LogP contribution in [0.2, 0.25) is 0 Å². The molecule has 0 spiro atoms. The fraction of sp³-hybridized carbons (Fsp3) is 0.471. The quantitative estimate of drug-likeness (QED) is 0.765. The molecule has 0 unspecified atom stereocenters. The molecular formula is C17H20O. The molecule has 3 rings (SSSR count). The summed E-state index contributed by atoms with van der Waals surface area (Å²) in [4.78, 5) is 11.6. The first-order valence-electron chi connectivity index (χ1n) is 7.04. The molecule has 0 radical (unpaired) electrons. The minimum Gasteiger partial charge on any atom is -0.295 e. The van der Waals surface area contributed by atoms with E-state index in [9.17, 15) is 4.79 Å². The average Bonchev–Trinajstić information content (AvgIpc) is 2.40. The molecule has 2 atom stereocenters. The van der Waals surface area contributed by atoms with Gasteiger partial charge in [-0.25, -0.2) is 0 Å². The number of hydrogen-bond acceptors (Lipinski definition) is 1. The van der Waals surface area contributed by atoms with Crippen LogP contribution in [0.4, 0.5) is 0 Å². The van der Waals surface area contributed by atoms with Crippen LogP contribution in [0, 0.1) is 11.3 Å². The van der Waals surface area contributed by atoms with Gasteiger partial charge in [0.2, 0.25) is 0 Å². The molecule has 1 aromatic carbocycles. The zero-order valence-corrected chi connectivity index (χ0v) is 10.8. The Bertz CT molecular complexity index is 460. The van der Waals surface area contributed by atoms with E-state index < -0.39 is 0 Å². The average molecular weight is 240 g/mol. The minimum absolute atomic E-state index is 0.257. The molecule has 0 saturated heterocycles. The summed E-state index contributed by atoms with van der Waals surface area (Å²) in [6.07, 6.45) is 11.0. The first-order chi connectivity index (χ1) is 8.78. The highest BCUT2D eigenvalue weighted by Crippen LogP contribution is 2.48. The van der Waals surface area contributed by atoms with E-state index in [0.717, 1.165) is 12.8 Å². The molecule has 0 N–H and O–H groups in total. The highest BCUT2D eigenvalue weighted by molar-refractivity contribution is 5.91. The van der Waals surface area contributed by atoms with Gasteiger partial charge in [-0.05, 0) is 42.2 Å². The molecule has 1 fully saturated rings. The SMILES string of the molecule is O=C1C=C[C@]2(Cc3ccccc3)CCCC[C@H]2C1. The van der Waals surface area contributed by atoms with Gasteiger partial charge in [-0.15, -0.1) is 0 Å². The summed E-state index contributed by atoms with van der Waals surface area (Å²) in [6, 6.07) is 10.7. The lowest BCUT2D eigenvalue weighted by Gasteiger charge is -2.44. The number of fused-ring (bicyclic) bond motifs is 1. The normalized spacial score (nSPS) is 31.1. The number of carbonyl (C=O) groups excluding carboxylic acids is 1. The Kier molecular flexibility index (Phi) is 3.07. The van der Waals surface area contributed by atoms with E-state index >= 15 is 0 Å². The zero-order valence-electron chi connectivity index (χ0n) is 10.8. The molecule has 2 aliphatic rings. The third-order valence-electron chi connectivity index (χ3n) is 4.68. The van der Waals surface area contributed by atoms with Crippen molar-refractivity contribution in [3.63, 3.8) is 0 Å². The van der Waals surface area contributed by atoms with Crippen molar-refractivity contribution in [3.05, 3.63) is 48.0 Å². The van der Waals surface area contributed by atoms with Crippen molar-refractivity contribution in [1.29, 1.82) is 0 Å². The van der Waals surface area contributed by atoms with Crippen molar-refractivity contribution >= 4 is 5.78 Å². The highest BCUT2D eigenvalue weighted by Gasteiger charge is 2.41. The van der Waals surface area contributed by atoms with E-state index in [1.807, 2.05) is 6.08 Å². The van der Waals surface area contributed by atoms with Crippen molar-refractivity contribution in [3.8, 4) is 0 Å². The second-order valence-corrected chi connectivity index (χ2v) is 5.84. The predicted octanol–water partition coefficient (Wildman–Crippen LogP) is 3.93. The van der Waals surface area contributed by atoms with Crippen LogP contribution in [0.25, 0.3) is 0 Å². The third-order valence-corrected chi connectivity index (χ3v) is 4.68. The predicted molar refractivity (Wildman–Crippen MR) is 73.3 cm³/mol. The minimum atomic E-state index is 0.257. The van der Waals surface area contributed by atoms with E-state index in [1.165, 1.54) is 31.2 Å². The summed E-state index contributed by atoms with van der Waals surface area (Å²) < 4.78 is 0. The van der Waals surface area contributed by atoms with E-state index in [1.54, 1.807) is 0 Å². The molecule has 1 nitrogen and oxygen atoms in total. The van der Waals surface area contributed by atoms with E-state index in [4.69, 9.17) is 0 Å². The summed E-state index contributed by atoms with van der Waals surface area (Å²) in [5, 5.41) is 0. The first kappa shape index (κ1) is 11.7. The molecule has 0 amide bonds. The Morgan fingerprint density at radius 2 is 2.00 bits per heavy atom. The Morgan fingerprint density at radius 3 is 2.83 bits per heavy atom. The lowest BCUT2D eigenvalue weighted by atomic mass is 9.60. The van der Waals surface area contributed by atoms with Crippen LogP contribution in [-0.2, 0) is 11.2 Å². The number of rotatable bonds is 2. The summed E-state index contributed by atoms with van der Waals surface area (Å²) in [7, 11) is 0. The Labute approximate surface area is 109 Å². The van der Waals surface area contributed by atoms with Gasteiger partial charge < -0.3 is 0 Å². The number of benzene rings is 1. The number of allylic oxidation sites excluding steroid dienone is 2. The Morgan fingerprint density at radius 1 is 1.17 bits per heavy atom. The van der Waals surface area contributed by atoms with E-state index in [2.05, 4.69) is 36.4 Å². The molecule has 1 aromatic rings. The summed E-state index contributed by atoms with van der Waals surface area (Å²) in [5.74, 6) is 0.898. The first-order valence-corrected chi connectivity index (χ1v) is 7.04. The van der Waals surface area contributed by atoms with Crippen LogP contribution in [0.15, 0.2) is 42.5 Å². The largest absolute Gasteiger partial charge is 0.295 e. The van der Waals surface area contributed by atoms with Gasteiger partial charge in [0.15, 0.2) is 5.78 Å². The Hall–Kier alpha value is -1.37. The zero-order chi connectivity index (χ0) is 12.4. The molecule has 0 heterocycles. The maximum Gasteiger partial charge on any atom is 0.155 e. The molecule has 0 aromatic heterocycles. The van der Waals surface area contributed by atoms with Gasteiger partial charge in [-0.1, -0.05) is 49.2 Å². The van der Waals surface area contributed by atoms with Crippen LogP contribution in [0.3, 0.4) is 0 Å².